The predicted octanol–water partition coefficient (Wildman–Crippen LogP) is 1.62. The molecule has 7 heteroatoms. The van der Waals surface area contributed by atoms with Crippen LogP contribution in [0.2, 0.25) is 0 Å². The van der Waals surface area contributed by atoms with E-state index >= 15 is 0 Å². The van der Waals surface area contributed by atoms with Crippen LogP contribution < -0.4 is 5.32 Å². The van der Waals surface area contributed by atoms with E-state index in [1.54, 1.807) is 19.9 Å². The number of nitrogens with zero attached hydrogens (tertiary/aromatic N) is 1. The summed E-state index contributed by atoms with van der Waals surface area (Å²) in [5.41, 5.74) is 1.87. The minimum absolute atomic E-state index is 0.300. The van der Waals surface area contributed by atoms with Gasteiger partial charge in [-0.2, -0.15) is 0 Å². The quantitative estimate of drug-likeness (QED) is 0.490. The Balaban J connectivity index is 1.61. The molecule has 1 N–H and O–H groups in total. The summed E-state index contributed by atoms with van der Waals surface area (Å²) >= 11 is 0. The van der Waals surface area contributed by atoms with Gasteiger partial charge in [-0.15, -0.1) is 0 Å². The summed E-state index contributed by atoms with van der Waals surface area (Å²) in [7, 11) is 0. The van der Waals surface area contributed by atoms with Crippen molar-refractivity contribution >= 4 is 23.7 Å². The number of carbonyl (C=O) groups excluding carboxylic acids is 4. The van der Waals surface area contributed by atoms with E-state index < -0.39 is 36.1 Å². The summed E-state index contributed by atoms with van der Waals surface area (Å²) in [6.45, 7) is 4.08. The van der Waals surface area contributed by atoms with Gasteiger partial charge in [0.25, 0.3) is 5.91 Å². The maximum Gasteiger partial charge on any atom is 0.326 e. The molecule has 1 heterocycles. The van der Waals surface area contributed by atoms with Crippen LogP contribution in [0.1, 0.15) is 48.7 Å². The Labute approximate surface area is 151 Å². The number of ether oxygens (including phenoxy) is 1. The molecule has 2 aliphatic rings. The summed E-state index contributed by atoms with van der Waals surface area (Å²) in [4.78, 5) is 49.3. The lowest BCUT2D eigenvalue weighted by Crippen LogP contribution is -2.41. The largest absolute Gasteiger partial charge is 0.453 e. The van der Waals surface area contributed by atoms with Crippen molar-refractivity contribution in [2.45, 2.75) is 51.7 Å². The van der Waals surface area contributed by atoms with Crippen LogP contribution in [0.25, 0.3) is 0 Å². The zero-order valence-corrected chi connectivity index (χ0v) is 15.1. The molecule has 1 aliphatic heterocycles. The van der Waals surface area contributed by atoms with Crippen LogP contribution >= 0.6 is 0 Å². The van der Waals surface area contributed by atoms with Crippen LogP contribution in [0.5, 0.6) is 0 Å². The van der Waals surface area contributed by atoms with Gasteiger partial charge in [0.2, 0.25) is 5.78 Å². The second-order valence-electron chi connectivity index (χ2n) is 7.28. The van der Waals surface area contributed by atoms with Crippen molar-refractivity contribution in [1.29, 1.82) is 0 Å². The van der Waals surface area contributed by atoms with Gasteiger partial charge in [-0.25, -0.2) is 4.79 Å². The molecule has 1 aliphatic carbocycles. The summed E-state index contributed by atoms with van der Waals surface area (Å²) in [6.07, 6.45) is 2.07. The third kappa shape index (κ3) is 3.34. The van der Waals surface area contributed by atoms with Gasteiger partial charge in [0.15, 0.2) is 6.10 Å². The summed E-state index contributed by atoms with van der Waals surface area (Å²) in [5, 5.41) is 2.49. The maximum absolute atomic E-state index is 12.5. The Kier molecular flexibility index (Phi) is 4.56. The van der Waals surface area contributed by atoms with E-state index in [9.17, 15) is 19.2 Å². The number of nitrogens with one attached hydrogen (secondary N) is 1. The molecule has 3 amide bonds. The highest BCUT2D eigenvalue weighted by molar-refractivity contribution is 6.08. The monoisotopic (exact) mass is 358 g/mol. The molecule has 0 saturated carbocycles. The number of imide groups is 1. The van der Waals surface area contributed by atoms with E-state index in [2.05, 4.69) is 5.32 Å². The van der Waals surface area contributed by atoms with Gasteiger partial charge in [0, 0.05) is 5.56 Å². The molecular weight excluding hydrogens is 336 g/mol. The van der Waals surface area contributed by atoms with E-state index in [4.69, 9.17) is 4.74 Å². The van der Waals surface area contributed by atoms with Gasteiger partial charge in [-0.1, -0.05) is 12.1 Å². The Hall–Kier alpha value is -2.70. The Morgan fingerprint density at radius 3 is 2.58 bits per heavy atom. The van der Waals surface area contributed by atoms with Crippen molar-refractivity contribution in [1.82, 2.24) is 10.2 Å². The molecule has 26 heavy (non-hydrogen) atoms. The molecule has 0 unspecified atom stereocenters. The van der Waals surface area contributed by atoms with Gasteiger partial charge in [0.1, 0.15) is 12.1 Å². The standard InChI is InChI=1S/C19H22N2O5/c1-11(16(23)14-8-7-12-5-4-6-13(12)9-14)26-15(22)10-21-17(24)19(2,3)20-18(21)25/h7-9,11H,4-6,10H2,1-3H3,(H,20,25)/t11-/m1/s1. The minimum atomic E-state index is -1.05. The zero-order valence-electron chi connectivity index (χ0n) is 15.1. The molecule has 0 radical (unpaired) electrons. The van der Waals surface area contributed by atoms with E-state index in [1.807, 2.05) is 12.1 Å². The number of urea groups is 1. The first kappa shape index (κ1) is 18.1. The maximum atomic E-state index is 12.5. The van der Waals surface area contributed by atoms with E-state index in [0.29, 0.717) is 5.56 Å². The van der Waals surface area contributed by atoms with Crippen LogP contribution in [0.15, 0.2) is 18.2 Å². The third-order valence-electron chi connectivity index (χ3n) is 4.79. The molecule has 1 saturated heterocycles. The van der Waals surface area contributed by atoms with Crippen LogP contribution in [-0.2, 0) is 27.2 Å². The van der Waals surface area contributed by atoms with Crippen LogP contribution in [-0.4, -0.2) is 46.8 Å². The number of ketones is 1. The lowest BCUT2D eigenvalue weighted by atomic mass is 10.0. The lowest BCUT2D eigenvalue weighted by Gasteiger charge is -2.17. The molecular formula is C19H22N2O5. The predicted molar refractivity (Wildman–Crippen MR) is 92.7 cm³/mol. The number of Topliss-reactive ketones (excluding diaryl/α,β-unsaturated/α-hetero) is 1. The topological polar surface area (TPSA) is 92.8 Å². The number of fused-ring (bicyclic) bond motifs is 1. The summed E-state index contributed by atoms with van der Waals surface area (Å²) < 4.78 is 5.15. The molecule has 0 bridgehead atoms. The summed E-state index contributed by atoms with van der Waals surface area (Å²) in [5.74, 6) is -1.60. The van der Waals surface area contributed by atoms with Crippen molar-refractivity contribution in [3.05, 3.63) is 34.9 Å². The SMILES string of the molecule is C[C@@H](OC(=O)CN1C(=O)NC(C)(C)C1=O)C(=O)c1ccc2c(c1)CCC2. The molecule has 1 aromatic rings. The Bertz CT molecular complexity index is 799. The average Bonchev–Trinajstić information content (AvgIpc) is 3.11. The van der Waals surface area contributed by atoms with Crippen molar-refractivity contribution in [2.75, 3.05) is 6.54 Å². The fourth-order valence-corrected chi connectivity index (χ4v) is 3.34. The third-order valence-corrected chi connectivity index (χ3v) is 4.79. The molecule has 0 spiro atoms. The van der Waals surface area contributed by atoms with Gasteiger partial charge < -0.3 is 10.1 Å². The van der Waals surface area contributed by atoms with Crippen molar-refractivity contribution in [3.8, 4) is 0 Å². The number of hydrogen-bond donors (Lipinski definition) is 1. The molecule has 7 nitrogen and oxygen atoms in total. The van der Waals surface area contributed by atoms with Crippen LogP contribution in [0.4, 0.5) is 4.79 Å². The van der Waals surface area contributed by atoms with Gasteiger partial charge in [-0.05, 0) is 57.2 Å². The molecule has 1 atom stereocenters. The van der Waals surface area contributed by atoms with Gasteiger partial charge in [-0.3, -0.25) is 19.3 Å². The van der Waals surface area contributed by atoms with Crippen molar-refractivity contribution in [2.24, 2.45) is 0 Å². The second-order valence-corrected chi connectivity index (χ2v) is 7.28. The Morgan fingerprint density at radius 2 is 1.92 bits per heavy atom. The molecule has 1 aromatic carbocycles. The number of aryl methyl sites for hydroxylation is 2. The lowest BCUT2D eigenvalue weighted by molar-refractivity contribution is -0.149. The van der Waals surface area contributed by atoms with Gasteiger partial charge >= 0.3 is 12.0 Å². The molecule has 3 rings (SSSR count). The number of esters is 1. The van der Waals surface area contributed by atoms with E-state index in [1.165, 1.54) is 12.5 Å². The smallest absolute Gasteiger partial charge is 0.326 e. The average molecular weight is 358 g/mol. The van der Waals surface area contributed by atoms with Crippen LogP contribution in [0.3, 0.4) is 0 Å². The first-order valence-electron chi connectivity index (χ1n) is 8.68. The highest BCUT2D eigenvalue weighted by atomic mass is 16.5. The minimum Gasteiger partial charge on any atom is -0.453 e. The van der Waals surface area contributed by atoms with E-state index in [-0.39, 0.29) is 5.78 Å². The van der Waals surface area contributed by atoms with Gasteiger partial charge in [0.05, 0.1) is 0 Å². The first-order valence-corrected chi connectivity index (χ1v) is 8.68. The number of rotatable bonds is 5. The van der Waals surface area contributed by atoms with Crippen LogP contribution in [0, 0.1) is 0 Å². The highest BCUT2D eigenvalue weighted by Gasteiger charge is 2.45. The normalized spacial score (nSPS) is 19.1. The van der Waals surface area contributed by atoms with E-state index in [0.717, 1.165) is 29.7 Å². The van der Waals surface area contributed by atoms with Crippen molar-refractivity contribution < 1.29 is 23.9 Å². The molecule has 138 valence electrons. The Morgan fingerprint density at radius 1 is 1.23 bits per heavy atom. The number of hydrogen-bond acceptors (Lipinski definition) is 5. The first-order chi connectivity index (χ1) is 12.2. The molecule has 0 aromatic heterocycles. The zero-order chi connectivity index (χ0) is 19.1. The number of amides is 3. The highest BCUT2D eigenvalue weighted by Crippen LogP contribution is 2.23. The second kappa shape index (κ2) is 6.55. The van der Waals surface area contributed by atoms with Crippen molar-refractivity contribution in [3.63, 3.8) is 0 Å². The summed E-state index contributed by atoms with van der Waals surface area (Å²) in [6, 6.07) is 4.90. The fraction of sp³-hybridized carbons (Fsp3) is 0.474. The molecule has 1 fully saturated rings. The fourth-order valence-electron chi connectivity index (χ4n) is 3.34. The number of benzene rings is 1. The number of carbonyl (C=O) groups is 4.